The first kappa shape index (κ1) is 26.9. The van der Waals surface area contributed by atoms with Crippen LogP contribution in [-0.2, 0) is 0 Å². The van der Waals surface area contributed by atoms with E-state index in [9.17, 15) is 9.90 Å². The van der Waals surface area contributed by atoms with Crippen molar-refractivity contribution in [3.63, 3.8) is 0 Å². The highest BCUT2D eigenvalue weighted by Gasteiger charge is 2.28. The molecule has 0 spiro atoms. The molecule has 12 heteroatoms. The predicted molar refractivity (Wildman–Crippen MR) is 164 cm³/mol. The van der Waals surface area contributed by atoms with E-state index < -0.39 is 5.97 Å². The van der Waals surface area contributed by atoms with Gasteiger partial charge >= 0.3 is 5.97 Å². The topological polar surface area (TPSA) is 117 Å². The summed E-state index contributed by atoms with van der Waals surface area (Å²) in [6.07, 6.45) is 1.84. The predicted octanol–water partition coefficient (Wildman–Crippen LogP) is 6.36. The first-order valence-corrected chi connectivity index (χ1v) is 15.0. The third kappa shape index (κ3) is 5.93. The molecule has 6 rings (SSSR count). The number of hydrogen-bond acceptors (Lipinski definition) is 11. The number of benzene rings is 2. The van der Waals surface area contributed by atoms with Gasteiger partial charge in [0.1, 0.15) is 10.8 Å². The first-order valence-electron chi connectivity index (χ1n) is 13.3. The minimum atomic E-state index is -1.04. The average Bonchev–Trinajstić information content (AvgIpc) is 3.62. The molecule has 10 nitrogen and oxygen atoms in total. The van der Waals surface area contributed by atoms with Gasteiger partial charge in [-0.15, -0.1) is 10.2 Å². The Bertz CT molecular complexity index is 1630. The molecule has 1 saturated heterocycles. The fourth-order valence-corrected chi connectivity index (χ4v) is 6.66. The van der Waals surface area contributed by atoms with Crippen LogP contribution in [0.1, 0.15) is 28.9 Å². The molecule has 0 radical (unpaired) electrons. The van der Waals surface area contributed by atoms with E-state index in [4.69, 9.17) is 4.74 Å². The zero-order valence-electron chi connectivity index (χ0n) is 22.6. The van der Waals surface area contributed by atoms with E-state index >= 15 is 0 Å². The SMILES string of the molecule is Cc1cc(N(C)c2nc(C(=O)O)c(N3CCC(COc4ccccc4)CC3)s2)nnc1Nc1nc2ccccc2s1. The summed E-state index contributed by atoms with van der Waals surface area (Å²) in [5.74, 6) is 1.45. The fourth-order valence-electron chi connectivity index (χ4n) is 4.72. The van der Waals surface area contributed by atoms with Gasteiger partial charge in [0, 0.05) is 20.1 Å². The number of rotatable bonds is 9. The van der Waals surface area contributed by atoms with Gasteiger partial charge in [-0.25, -0.2) is 14.8 Å². The number of aromatic nitrogens is 4. The number of nitrogens with one attached hydrogen (secondary N) is 1. The summed E-state index contributed by atoms with van der Waals surface area (Å²) < 4.78 is 7.04. The Morgan fingerprint density at radius 3 is 2.56 bits per heavy atom. The molecule has 1 fully saturated rings. The normalized spacial score (nSPS) is 13.9. The maximum atomic E-state index is 12.1. The van der Waals surface area contributed by atoms with Crippen LogP contribution in [0.5, 0.6) is 5.75 Å². The van der Waals surface area contributed by atoms with E-state index in [1.165, 1.54) is 11.3 Å². The number of thiazole rings is 2. The number of anilines is 5. The number of carboxylic acid groups (broad SMARTS) is 1. The molecule has 5 aromatic rings. The number of aromatic carboxylic acids is 1. The van der Waals surface area contributed by atoms with E-state index in [1.807, 2.05) is 74.6 Å². The Morgan fingerprint density at radius 1 is 1.07 bits per heavy atom. The van der Waals surface area contributed by atoms with Crippen molar-refractivity contribution in [2.24, 2.45) is 5.92 Å². The van der Waals surface area contributed by atoms with Gasteiger partial charge < -0.3 is 25.0 Å². The van der Waals surface area contributed by atoms with Crippen LogP contribution in [0.25, 0.3) is 10.2 Å². The number of nitrogens with zero attached hydrogens (tertiary/aromatic N) is 6. The number of fused-ring (bicyclic) bond motifs is 1. The molecule has 2 N–H and O–H groups in total. The zero-order valence-corrected chi connectivity index (χ0v) is 24.3. The average molecular weight is 588 g/mol. The second-order valence-corrected chi connectivity index (χ2v) is 11.9. The lowest BCUT2D eigenvalue weighted by Crippen LogP contribution is -2.35. The third-order valence-corrected chi connectivity index (χ3v) is 9.20. The van der Waals surface area contributed by atoms with Crippen molar-refractivity contribution < 1.29 is 14.6 Å². The van der Waals surface area contributed by atoms with Crippen LogP contribution in [0.2, 0.25) is 0 Å². The number of piperidine rings is 1. The van der Waals surface area contributed by atoms with Crippen molar-refractivity contribution in [2.45, 2.75) is 19.8 Å². The molecule has 3 aromatic heterocycles. The van der Waals surface area contributed by atoms with Crippen molar-refractivity contribution in [3.05, 3.63) is 71.9 Å². The van der Waals surface area contributed by atoms with Gasteiger partial charge in [-0.05, 0) is 61.6 Å². The van der Waals surface area contributed by atoms with Gasteiger partial charge in [-0.3, -0.25) is 0 Å². The zero-order chi connectivity index (χ0) is 28.3. The molecular weight excluding hydrogens is 558 g/mol. The number of para-hydroxylation sites is 2. The highest BCUT2D eigenvalue weighted by molar-refractivity contribution is 7.22. The molecule has 4 heterocycles. The lowest BCUT2D eigenvalue weighted by molar-refractivity contribution is 0.0692. The van der Waals surface area contributed by atoms with Crippen LogP contribution in [0.15, 0.2) is 60.7 Å². The van der Waals surface area contributed by atoms with Crippen molar-refractivity contribution in [2.75, 3.05) is 41.9 Å². The van der Waals surface area contributed by atoms with Crippen LogP contribution in [0.3, 0.4) is 0 Å². The summed E-state index contributed by atoms with van der Waals surface area (Å²) in [4.78, 5) is 25.1. The van der Waals surface area contributed by atoms with E-state index in [0.29, 0.717) is 34.3 Å². The van der Waals surface area contributed by atoms with Gasteiger partial charge in [0.2, 0.25) is 0 Å². The van der Waals surface area contributed by atoms with Crippen LogP contribution >= 0.6 is 22.7 Å². The monoisotopic (exact) mass is 587 g/mol. The summed E-state index contributed by atoms with van der Waals surface area (Å²) in [6, 6.07) is 19.7. The molecule has 41 heavy (non-hydrogen) atoms. The molecule has 1 aliphatic rings. The third-order valence-electron chi connectivity index (χ3n) is 7.05. The molecule has 1 aliphatic heterocycles. The minimum absolute atomic E-state index is 0.0645. The Morgan fingerprint density at radius 2 is 1.83 bits per heavy atom. The number of carbonyl (C=O) groups is 1. The highest BCUT2D eigenvalue weighted by Crippen LogP contribution is 2.38. The van der Waals surface area contributed by atoms with Gasteiger partial charge in [-0.2, -0.15) is 0 Å². The van der Waals surface area contributed by atoms with Crippen LogP contribution in [0, 0.1) is 12.8 Å². The molecule has 0 amide bonds. The Labute approximate surface area is 245 Å². The lowest BCUT2D eigenvalue weighted by atomic mass is 9.98. The van der Waals surface area contributed by atoms with Gasteiger partial charge in [0.25, 0.3) is 0 Å². The number of carboxylic acids is 1. The fraction of sp³-hybridized carbons (Fsp3) is 0.276. The molecule has 0 aliphatic carbocycles. The molecule has 2 aromatic carbocycles. The summed E-state index contributed by atoms with van der Waals surface area (Å²) in [6.45, 7) is 4.10. The number of hydrogen-bond donors (Lipinski definition) is 2. The summed E-state index contributed by atoms with van der Waals surface area (Å²) in [5.41, 5.74) is 1.88. The molecule has 0 atom stereocenters. The molecule has 210 valence electrons. The summed E-state index contributed by atoms with van der Waals surface area (Å²) >= 11 is 2.92. The maximum absolute atomic E-state index is 12.1. The van der Waals surface area contributed by atoms with Crippen LogP contribution in [0.4, 0.5) is 26.9 Å². The van der Waals surface area contributed by atoms with Gasteiger partial charge in [-0.1, -0.05) is 53.0 Å². The van der Waals surface area contributed by atoms with Gasteiger partial charge in [0.15, 0.2) is 27.6 Å². The largest absolute Gasteiger partial charge is 0.493 e. The summed E-state index contributed by atoms with van der Waals surface area (Å²) in [5, 5.41) is 24.0. The molecular formula is C29H29N7O3S2. The summed E-state index contributed by atoms with van der Waals surface area (Å²) in [7, 11) is 1.82. The first-order chi connectivity index (χ1) is 19.9. The quantitative estimate of drug-likeness (QED) is 0.202. The Hall–Kier alpha value is -4.29. The lowest BCUT2D eigenvalue weighted by Gasteiger charge is -2.32. The van der Waals surface area contributed by atoms with E-state index in [-0.39, 0.29) is 5.69 Å². The van der Waals surface area contributed by atoms with E-state index in [0.717, 1.165) is 52.6 Å². The van der Waals surface area contributed by atoms with Crippen molar-refractivity contribution in [1.82, 2.24) is 20.2 Å². The Kier molecular flexibility index (Phi) is 7.66. The highest BCUT2D eigenvalue weighted by atomic mass is 32.1. The van der Waals surface area contributed by atoms with Crippen LogP contribution in [-0.4, -0.2) is 58.0 Å². The minimum Gasteiger partial charge on any atom is -0.493 e. The molecule has 0 bridgehead atoms. The molecule has 0 saturated carbocycles. The van der Waals surface area contributed by atoms with Crippen molar-refractivity contribution in [3.8, 4) is 5.75 Å². The number of ether oxygens (including phenoxy) is 1. The second kappa shape index (κ2) is 11.7. The number of aryl methyl sites for hydroxylation is 1. The standard InChI is InChI=1S/C29H29N7O3S2/c1-18-16-23(33-34-25(18)32-28-30-21-10-6-7-11-22(21)40-28)35(2)29-31-24(27(37)38)26(41-29)36-14-12-19(13-15-36)17-39-20-8-4-3-5-9-20/h3-11,16,19H,12-15,17H2,1-2H3,(H,37,38)(H,30,32,34). The van der Waals surface area contributed by atoms with Crippen LogP contribution < -0.4 is 19.9 Å². The van der Waals surface area contributed by atoms with Gasteiger partial charge in [0.05, 0.1) is 16.8 Å². The van der Waals surface area contributed by atoms with E-state index in [2.05, 4.69) is 30.4 Å². The Balaban J connectivity index is 1.13. The smallest absolute Gasteiger partial charge is 0.357 e. The van der Waals surface area contributed by atoms with E-state index in [1.54, 1.807) is 16.2 Å². The van der Waals surface area contributed by atoms with Crippen molar-refractivity contribution >= 4 is 65.8 Å². The molecule has 0 unspecified atom stereocenters. The maximum Gasteiger partial charge on any atom is 0.357 e. The van der Waals surface area contributed by atoms with Crippen molar-refractivity contribution in [1.29, 1.82) is 0 Å². The second-order valence-electron chi connectivity index (χ2n) is 9.91.